The summed E-state index contributed by atoms with van der Waals surface area (Å²) in [5.41, 5.74) is 3.82. The highest BCUT2D eigenvalue weighted by Crippen LogP contribution is 2.26. The van der Waals surface area contributed by atoms with Gasteiger partial charge in [0.25, 0.3) is 0 Å². The monoisotopic (exact) mass is 265 g/mol. The Hall–Kier alpha value is -2.55. The predicted molar refractivity (Wildman–Crippen MR) is 80.3 cm³/mol. The van der Waals surface area contributed by atoms with Crippen molar-refractivity contribution < 1.29 is 9.53 Å². The Morgan fingerprint density at radius 1 is 1.05 bits per heavy atom. The van der Waals surface area contributed by atoms with Crippen LogP contribution in [0.5, 0.6) is 5.75 Å². The number of methoxy groups -OCH3 is 1. The van der Waals surface area contributed by atoms with Crippen molar-refractivity contribution in [1.82, 2.24) is 4.98 Å². The van der Waals surface area contributed by atoms with Crippen molar-refractivity contribution in [2.75, 3.05) is 7.11 Å². The molecular formula is C17H15NO2. The summed E-state index contributed by atoms with van der Waals surface area (Å²) in [4.78, 5) is 14.8. The first-order valence-electron chi connectivity index (χ1n) is 6.45. The van der Waals surface area contributed by atoms with Gasteiger partial charge in [-0.15, -0.1) is 0 Å². The van der Waals surface area contributed by atoms with Crippen molar-refractivity contribution in [1.29, 1.82) is 0 Å². The topological polar surface area (TPSA) is 42.1 Å². The van der Waals surface area contributed by atoms with Gasteiger partial charge in [-0.2, -0.15) is 0 Å². The maximum atomic E-state index is 11.4. The lowest BCUT2D eigenvalue weighted by Gasteiger charge is -2.01. The SMILES string of the molecule is COc1ccc(-c2cc3ccc(C(C)=O)cc3[nH]2)cc1. The molecule has 100 valence electrons. The summed E-state index contributed by atoms with van der Waals surface area (Å²) < 4.78 is 5.16. The van der Waals surface area contributed by atoms with Crippen LogP contribution in [0.2, 0.25) is 0 Å². The average molecular weight is 265 g/mol. The van der Waals surface area contributed by atoms with Gasteiger partial charge in [0.1, 0.15) is 5.75 Å². The summed E-state index contributed by atoms with van der Waals surface area (Å²) in [7, 11) is 1.65. The molecule has 0 aliphatic carbocycles. The molecule has 1 N–H and O–H groups in total. The minimum atomic E-state index is 0.0764. The van der Waals surface area contributed by atoms with Gasteiger partial charge in [-0.25, -0.2) is 0 Å². The summed E-state index contributed by atoms with van der Waals surface area (Å²) in [6.45, 7) is 1.58. The lowest BCUT2D eigenvalue weighted by atomic mass is 10.1. The Bertz CT molecular complexity index is 769. The molecule has 0 atom stereocenters. The minimum absolute atomic E-state index is 0.0764. The number of carbonyl (C=O) groups is 1. The number of ketones is 1. The van der Waals surface area contributed by atoms with Gasteiger partial charge in [0.2, 0.25) is 0 Å². The van der Waals surface area contributed by atoms with Crippen LogP contribution in [0.3, 0.4) is 0 Å². The number of nitrogens with one attached hydrogen (secondary N) is 1. The third-order valence-electron chi connectivity index (χ3n) is 3.43. The molecule has 0 aliphatic heterocycles. The van der Waals surface area contributed by atoms with Gasteiger partial charge >= 0.3 is 0 Å². The van der Waals surface area contributed by atoms with Gasteiger partial charge in [-0.05, 0) is 48.9 Å². The quantitative estimate of drug-likeness (QED) is 0.726. The smallest absolute Gasteiger partial charge is 0.159 e. The standard InChI is InChI=1S/C17H15NO2/c1-11(19)13-3-4-14-10-16(18-17(14)9-13)12-5-7-15(20-2)8-6-12/h3-10,18H,1-2H3. The molecule has 2 aromatic carbocycles. The van der Waals surface area contributed by atoms with Crippen LogP contribution in [0.15, 0.2) is 48.5 Å². The van der Waals surface area contributed by atoms with Crippen LogP contribution in [-0.4, -0.2) is 17.9 Å². The van der Waals surface area contributed by atoms with Crippen molar-refractivity contribution in [3.8, 4) is 17.0 Å². The number of Topliss-reactive ketones (excluding diaryl/α,β-unsaturated/α-hetero) is 1. The Morgan fingerprint density at radius 2 is 1.80 bits per heavy atom. The molecular weight excluding hydrogens is 250 g/mol. The Morgan fingerprint density at radius 3 is 2.45 bits per heavy atom. The first-order chi connectivity index (χ1) is 9.67. The minimum Gasteiger partial charge on any atom is -0.497 e. The zero-order chi connectivity index (χ0) is 14.1. The highest BCUT2D eigenvalue weighted by Gasteiger charge is 2.06. The Labute approximate surface area is 117 Å². The van der Waals surface area contributed by atoms with Gasteiger partial charge < -0.3 is 9.72 Å². The van der Waals surface area contributed by atoms with Crippen LogP contribution in [0.1, 0.15) is 17.3 Å². The number of benzene rings is 2. The average Bonchev–Trinajstić information content (AvgIpc) is 2.90. The Balaban J connectivity index is 2.05. The van der Waals surface area contributed by atoms with Gasteiger partial charge in [0.05, 0.1) is 7.11 Å². The molecule has 0 aliphatic rings. The van der Waals surface area contributed by atoms with E-state index in [1.807, 2.05) is 42.5 Å². The number of fused-ring (bicyclic) bond motifs is 1. The van der Waals surface area contributed by atoms with Gasteiger partial charge in [0.15, 0.2) is 5.78 Å². The van der Waals surface area contributed by atoms with E-state index in [2.05, 4.69) is 11.1 Å². The molecule has 3 heteroatoms. The van der Waals surface area contributed by atoms with Crippen molar-refractivity contribution in [3.63, 3.8) is 0 Å². The molecule has 3 aromatic rings. The third-order valence-corrected chi connectivity index (χ3v) is 3.43. The first kappa shape index (κ1) is 12.5. The number of aromatic amines is 1. The molecule has 0 radical (unpaired) electrons. The second-order valence-corrected chi connectivity index (χ2v) is 4.77. The summed E-state index contributed by atoms with van der Waals surface area (Å²) in [6.07, 6.45) is 0. The van der Waals surface area contributed by atoms with Gasteiger partial charge in [0, 0.05) is 22.2 Å². The fraction of sp³-hybridized carbons (Fsp3) is 0.118. The normalized spacial score (nSPS) is 10.7. The molecule has 1 heterocycles. The highest BCUT2D eigenvalue weighted by atomic mass is 16.5. The van der Waals surface area contributed by atoms with E-state index in [1.54, 1.807) is 14.0 Å². The molecule has 0 saturated carbocycles. The zero-order valence-corrected chi connectivity index (χ0v) is 11.4. The summed E-state index contributed by atoms with van der Waals surface area (Å²) in [5, 5.41) is 1.10. The van der Waals surface area contributed by atoms with E-state index in [-0.39, 0.29) is 5.78 Å². The molecule has 0 spiro atoms. The number of aromatic nitrogens is 1. The predicted octanol–water partition coefficient (Wildman–Crippen LogP) is 4.05. The summed E-state index contributed by atoms with van der Waals surface area (Å²) in [5.74, 6) is 0.913. The van der Waals surface area contributed by atoms with Gasteiger partial charge in [-0.3, -0.25) is 4.79 Å². The highest BCUT2D eigenvalue weighted by molar-refractivity contribution is 5.98. The first-order valence-corrected chi connectivity index (χ1v) is 6.45. The van der Waals surface area contributed by atoms with E-state index in [4.69, 9.17) is 4.74 Å². The van der Waals surface area contributed by atoms with E-state index >= 15 is 0 Å². The summed E-state index contributed by atoms with van der Waals surface area (Å²) >= 11 is 0. The second-order valence-electron chi connectivity index (χ2n) is 4.77. The van der Waals surface area contributed by atoms with Crippen LogP contribution < -0.4 is 4.74 Å². The van der Waals surface area contributed by atoms with E-state index in [1.165, 1.54) is 0 Å². The van der Waals surface area contributed by atoms with E-state index in [9.17, 15) is 4.79 Å². The molecule has 20 heavy (non-hydrogen) atoms. The Kier molecular flexibility index (Phi) is 3.03. The van der Waals surface area contributed by atoms with Crippen LogP contribution in [0.4, 0.5) is 0 Å². The number of ether oxygens (including phenoxy) is 1. The van der Waals surface area contributed by atoms with Crippen molar-refractivity contribution >= 4 is 16.7 Å². The van der Waals surface area contributed by atoms with Crippen molar-refractivity contribution in [3.05, 3.63) is 54.1 Å². The molecule has 0 bridgehead atoms. The maximum Gasteiger partial charge on any atom is 0.159 e. The van der Waals surface area contributed by atoms with Gasteiger partial charge in [-0.1, -0.05) is 12.1 Å². The number of hydrogen-bond acceptors (Lipinski definition) is 2. The van der Waals surface area contributed by atoms with Crippen molar-refractivity contribution in [2.45, 2.75) is 6.92 Å². The molecule has 1 aromatic heterocycles. The molecule has 0 amide bonds. The molecule has 0 fully saturated rings. The number of rotatable bonds is 3. The lowest BCUT2D eigenvalue weighted by molar-refractivity contribution is 0.101. The fourth-order valence-corrected chi connectivity index (χ4v) is 2.27. The largest absolute Gasteiger partial charge is 0.497 e. The molecule has 3 rings (SSSR count). The molecule has 0 unspecified atom stereocenters. The van der Waals surface area contributed by atoms with E-state index in [0.717, 1.165) is 33.5 Å². The van der Waals surface area contributed by atoms with Crippen LogP contribution in [0, 0.1) is 0 Å². The maximum absolute atomic E-state index is 11.4. The number of hydrogen-bond donors (Lipinski definition) is 1. The van der Waals surface area contributed by atoms with Crippen LogP contribution in [-0.2, 0) is 0 Å². The fourth-order valence-electron chi connectivity index (χ4n) is 2.27. The molecule has 0 saturated heterocycles. The van der Waals surface area contributed by atoms with E-state index in [0.29, 0.717) is 0 Å². The van der Waals surface area contributed by atoms with Crippen LogP contribution in [0.25, 0.3) is 22.2 Å². The number of H-pyrrole nitrogens is 1. The third kappa shape index (κ3) is 2.18. The second kappa shape index (κ2) is 4.85. The van der Waals surface area contributed by atoms with E-state index < -0.39 is 0 Å². The molecule has 3 nitrogen and oxygen atoms in total. The zero-order valence-electron chi connectivity index (χ0n) is 11.4. The van der Waals surface area contributed by atoms with Crippen LogP contribution >= 0.6 is 0 Å². The summed E-state index contributed by atoms with van der Waals surface area (Å²) in [6, 6.07) is 15.7. The lowest BCUT2D eigenvalue weighted by Crippen LogP contribution is -1.90. The number of carbonyl (C=O) groups excluding carboxylic acids is 1. The van der Waals surface area contributed by atoms with Crippen molar-refractivity contribution in [2.24, 2.45) is 0 Å².